The first-order valence-electron chi connectivity index (χ1n) is 9.45. The van der Waals surface area contributed by atoms with E-state index in [-0.39, 0.29) is 10.3 Å². The van der Waals surface area contributed by atoms with Gasteiger partial charge in [0, 0.05) is 16.8 Å². The van der Waals surface area contributed by atoms with Crippen LogP contribution in [0.1, 0.15) is 54.0 Å². The summed E-state index contributed by atoms with van der Waals surface area (Å²) in [4.78, 5) is 2.48. The smallest absolute Gasteiger partial charge is 0.0490 e. The summed E-state index contributed by atoms with van der Waals surface area (Å²) in [7, 11) is -0.418. The van der Waals surface area contributed by atoms with Crippen molar-refractivity contribution in [1.82, 2.24) is 0 Å². The van der Waals surface area contributed by atoms with E-state index in [1.807, 2.05) is 0 Å². The van der Waals surface area contributed by atoms with E-state index in [1.54, 1.807) is 0 Å². The molecular formula is C24H34NP. The van der Waals surface area contributed by atoms with Crippen LogP contribution in [-0.2, 0) is 0 Å². The molecule has 0 radical (unpaired) electrons. The fourth-order valence-corrected chi connectivity index (χ4v) is 7.91. The first kappa shape index (κ1) is 20.7. The van der Waals surface area contributed by atoms with Gasteiger partial charge in [0.25, 0.3) is 0 Å². The van der Waals surface area contributed by atoms with Crippen molar-refractivity contribution < 1.29 is 0 Å². The molecule has 0 N–H and O–H groups in total. The maximum atomic E-state index is 2.48. The molecule has 0 heterocycles. The maximum Gasteiger partial charge on any atom is 0.0490 e. The molecule has 2 aromatic rings. The van der Waals surface area contributed by atoms with Crippen LogP contribution in [0.4, 0.5) is 11.4 Å². The fraction of sp³-hybridized carbons (Fsp3) is 0.417. The molecule has 140 valence electrons. The van der Waals surface area contributed by atoms with E-state index in [4.69, 9.17) is 0 Å². The topological polar surface area (TPSA) is 3.24 Å². The van der Waals surface area contributed by atoms with E-state index >= 15 is 0 Å². The first-order chi connectivity index (χ1) is 12.1. The number of rotatable bonds is 4. The Labute approximate surface area is 161 Å². The summed E-state index contributed by atoms with van der Waals surface area (Å²) in [5.41, 5.74) is 5.23. The molecule has 2 heteroatoms. The van der Waals surface area contributed by atoms with Crippen molar-refractivity contribution >= 4 is 19.3 Å². The normalized spacial score (nSPS) is 13.2. The van der Waals surface area contributed by atoms with Crippen LogP contribution in [0.3, 0.4) is 0 Å². The Morgan fingerprint density at radius 1 is 0.808 bits per heavy atom. The van der Waals surface area contributed by atoms with Gasteiger partial charge in [-0.15, -0.1) is 0 Å². The number of para-hydroxylation sites is 2. The first-order valence-corrected chi connectivity index (χ1v) is 10.8. The summed E-state index contributed by atoms with van der Waals surface area (Å²) in [6.45, 7) is 18.7. The minimum Gasteiger partial charge on any atom is -0.310 e. The largest absolute Gasteiger partial charge is 0.310 e. The molecule has 0 amide bonds. The van der Waals surface area contributed by atoms with E-state index in [0.29, 0.717) is 0 Å². The Morgan fingerprint density at radius 3 is 1.77 bits per heavy atom. The lowest BCUT2D eigenvalue weighted by atomic mass is 10.1. The highest BCUT2D eigenvalue weighted by Crippen LogP contribution is 2.66. The van der Waals surface area contributed by atoms with Gasteiger partial charge in [-0.2, -0.15) is 0 Å². The number of anilines is 2. The zero-order valence-corrected chi connectivity index (χ0v) is 18.6. The Kier molecular flexibility index (Phi) is 6.35. The second kappa shape index (κ2) is 7.97. The number of benzene rings is 2. The lowest BCUT2D eigenvalue weighted by Gasteiger charge is -2.46. The second-order valence-electron chi connectivity index (χ2n) is 8.78. The number of nitrogens with zero attached hydrogens (tertiary/aromatic N) is 1. The van der Waals surface area contributed by atoms with Gasteiger partial charge < -0.3 is 4.90 Å². The molecule has 2 aromatic carbocycles. The summed E-state index contributed by atoms with van der Waals surface area (Å²) in [6, 6.07) is 19.5. The monoisotopic (exact) mass is 367 g/mol. The SMILES string of the molecule is C/C=C(\N(c1ccccc1)c1ccccc1C)P(C(C)(C)C)C(C)(C)C. The Morgan fingerprint density at radius 2 is 1.31 bits per heavy atom. The quantitative estimate of drug-likeness (QED) is 0.494. The van der Waals surface area contributed by atoms with Crippen molar-refractivity contribution in [3.05, 3.63) is 71.7 Å². The molecule has 26 heavy (non-hydrogen) atoms. The molecule has 0 aliphatic heterocycles. The standard InChI is InChI=1S/C24H34NP/c1-9-22(26(23(3,4)5)24(6,7)8)25(20-16-11-10-12-17-20)21-18-14-13-15-19(21)2/h9-18H,1-8H3/b22-9+. The van der Waals surface area contributed by atoms with Gasteiger partial charge in [-0.3, -0.25) is 0 Å². The zero-order valence-electron chi connectivity index (χ0n) is 17.7. The zero-order chi connectivity index (χ0) is 19.5. The summed E-state index contributed by atoms with van der Waals surface area (Å²) < 4.78 is 0. The Hall–Kier alpha value is -1.59. The second-order valence-corrected chi connectivity index (χ2v) is 12.6. The van der Waals surface area contributed by atoms with E-state index in [9.17, 15) is 0 Å². The molecule has 0 bridgehead atoms. The van der Waals surface area contributed by atoms with Gasteiger partial charge in [0.15, 0.2) is 0 Å². The number of hydrogen-bond donors (Lipinski definition) is 0. The summed E-state index contributed by atoms with van der Waals surface area (Å²) >= 11 is 0. The van der Waals surface area contributed by atoms with Crippen molar-refractivity contribution in [2.45, 2.75) is 65.7 Å². The molecule has 0 saturated carbocycles. The van der Waals surface area contributed by atoms with Gasteiger partial charge in [-0.05, 0) is 55.8 Å². The van der Waals surface area contributed by atoms with Crippen LogP contribution < -0.4 is 4.90 Å². The van der Waals surface area contributed by atoms with Crippen LogP contribution in [0.25, 0.3) is 0 Å². The number of allylic oxidation sites excluding steroid dienone is 1. The summed E-state index contributed by atoms with van der Waals surface area (Å²) in [6.07, 6.45) is 2.33. The molecule has 0 aromatic heterocycles. The molecule has 2 rings (SSSR count). The third-order valence-electron chi connectivity index (χ3n) is 4.43. The van der Waals surface area contributed by atoms with Crippen LogP contribution in [0.5, 0.6) is 0 Å². The molecule has 0 unspecified atom stereocenters. The molecule has 0 saturated heterocycles. The van der Waals surface area contributed by atoms with Gasteiger partial charge in [-0.25, -0.2) is 0 Å². The highest BCUT2D eigenvalue weighted by Gasteiger charge is 2.39. The van der Waals surface area contributed by atoms with Crippen molar-refractivity contribution in [1.29, 1.82) is 0 Å². The predicted octanol–water partition coefficient (Wildman–Crippen LogP) is 8.07. The van der Waals surface area contributed by atoms with Crippen LogP contribution in [-0.4, -0.2) is 10.3 Å². The minimum absolute atomic E-state index is 0.213. The van der Waals surface area contributed by atoms with Crippen molar-refractivity contribution in [3.63, 3.8) is 0 Å². The highest BCUT2D eigenvalue weighted by atomic mass is 31.1. The third-order valence-corrected chi connectivity index (χ3v) is 8.03. The molecule has 1 nitrogen and oxygen atoms in total. The lowest BCUT2D eigenvalue weighted by Crippen LogP contribution is -2.31. The van der Waals surface area contributed by atoms with Gasteiger partial charge >= 0.3 is 0 Å². The van der Waals surface area contributed by atoms with E-state index < -0.39 is 7.92 Å². The van der Waals surface area contributed by atoms with Gasteiger partial charge in [0.2, 0.25) is 0 Å². The molecule has 0 fully saturated rings. The van der Waals surface area contributed by atoms with Crippen LogP contribution in [0.15, 0.2) is 66.1 Å². The maximum absolute atomic E-state index is 2.48. The Bertz CT molecular complexity index is 734. The molecular weight excluding hydrogens is 333 g/mol. The summed E-state index contributed by atoms with van der Waals surface area (Å²) in [5, 5.41) is 0.427. The molecule has 0 spiro atoms. The third kappa shape index (κ3) is 4.57. The lowest BCUT2D eigenvalue weighted by molar-refractivity contribution is 0.709. The van der Waals surface area contributed by atoms with Gasteiger partial charge in [0.1, 0.15) is 0 Å². The van der Waals surface area contributed by atoms with Gasteiger partial charge in [-0.1, -0.05) is 84.0 Å². The predicted molar refractivity (Wildman–Crippen MR) is 120 cm³/mol. The fourth-order valence-electron chi connectivity index (χ4n) is 3.84. The highest BCUT2D eigenvalue weighted by molar-refractivity contribution is 7.65. The molecule has 0 aliphatic rings. The average Bonchev–Trinajstić information content (AvgIpc) is 2.54. The van der Waals surface area contributed by atoms with E-state index in [1.165, 1.54) is 22.4 Å². The van der Waals surface area contributed by atoms with Crippen LogP contribution >= 0.6 is 7.92 Å². The van der Waals surface area contributed by atoms with Crippen molar-refractivity contribution in [2.75, 3.05) is 4.90 Å². The molecule has 0 atom stereocenters. The van der Waals surface area contributed by atoms with Gasteiger partial charge in [0.05, 0.1) is 0 Å². The van der Waals surface area contributed by atoms with E-state index in [2.05, 4.69) is 121 Å². The number of aryl methyl sites for hydroxylation is 1. The van der Waals surface area contributed by atoms with E-state index in [0.717, 1.165) is 0 Å². The van der Waals surface area contributed by atoms with Crippen LogP contribution in [0, 0.1) is 6.92 Å². The van der Waals surface area contributed by atoms with Crippen molar-refractivity contribution in [3.8, 4) is 0 Å². The summed E-state index contributed by atoms with van der Waals surface area (Å²) in [5.74, 6) is 0. The van der Waals surface area contributed by atoms with Crippen molar-refractivity contribution in [2.24, 2.45) is 0 Å². The average molecular weight is 368 g/mol. The molecule has 0 aliphatic carbocycles. The number of hydrogen-bond acceptors (Lipinski definition) is 1. The Balaban J connectivity index is 2.73. The minimum atomic E-state index is -0.418. The van der Waals surface area contributed by atoms with Crippen LogP contribution in [0.2, 0.25) is 0 Å².